The molecule has 1 N–H and O–H groups in total. The third-order valence-electron chi connectivity index (χ3n) is 1.21. The van der Waals surface area contributed by atoms with Crippen LogP contribution in [0.4, 0.5) is 0 Å². The number of aromatic nitrogens is 1. The van der Waals surface area contributed by atoms with Gasteiger partial charge < -0.3 is 4.98 Å². The van der Waals surface area contributed by atoms with Crippen LogP contribution in [0.25, 0.3) is 0 Å². The van der Waals surface area contributed by atoms with Gasteiger partial charge in [0.15, 0.2) is 0 Å². The highest BCUT2D eigenvalue weighted by Crippen LogP contribution is 2.18. The van der Waals surface area contributed by atoms with Gasteiger partial charge in [0.05, 0.1) is 0 Å². The second-order valence-electron chi connectivity index (χ2n) is 2.04. The van der Waals surface area contributed by atoms with Gasteiger partial charge in [-0.05, 0) is 0 Å². The molecule has 1 rings (SSSR count). The molecular weight excluding hydrogens is 260 g/mol. The number of rotatable bonds is 0. The maximum absolute atomic E-state index is 11.2. The van der Waals surface area contributed by atoms with E-state index in [1.54, 1.807) is 0 Å². The SMILES string of the molecule is O=c1[nH]c(Cl)c(Cl)c(=O)c(Cl)c1Cl. The van der Waals surface area contributed by atoms with Crippen molar-refractivity contribution in [2.45, 2.75) is 0 Å². The van der Waals surface area contributed by atoms with Gasteiger partial charge in [-0.25, -0.2) is 0 Å². The first-order valence-corrected chi connectivity index (χ1v) is 4.43. The average Bonchev–Trinajstić information content (AvgIpc) is 2.15. The van der Waals surface area contributed by atoms with Crippen LogP contribution in [0.1, 0.15) is 0 Å². The fraction of sp³-hybridized carbons (Fsp3) is 0. The van der Waals surface area contributed by atoms with Crippen LogP contribution in [-0.2, 0) is 0 Å². The summed E-state index contributed by atoms with van der Waals surface area (Å²) in [4.78, 5) is 24.3. The van der Waals surface area contributed by atoms with Crippen LogP contribution in [0.3, 0.4) is 0 Å². The van der Waals surface area contributed by atoms with Crippen molar-refractivity contribution in [3.05, 3.63) is 40.8 Å². The highest BCUT2D eigenvalue weighted by molar-refractivity contribution is 6.44. The summed E-state index contributed by atoms with van der Waals surface area (Å²) in [6.45, 7) is 0. The van der Waals surface area contributed by atoms with E-state index in [1.807, 2.05) is 0 Å². The van der Waals surface area contributed by atoms with Gasteiger partial charge >= 0.3 is 0 Å². The van der Waals surface area contributed by atoms with E-state index in [0.717, 1.165) is 0 Å². The van der Waals surface area contributed by atoms with Crippen LogP contribution < -0.4 is 11.0 Å². The standard InChI is InChI=1S/C6HCl4NO2/c7-1-2(8)6(13)11-5(10)3(9)4(1)12/h(H,11,13). The van der Waals surface area contributed by atoms with Crippen LogP contribution in [0, 0.1) is 0 Å². The Bertz CT molecular complexity index is 467. The van der Waals surface area contributed by atoms with Crippen LogP contribution in [0.2, 0.25) is 20.2 Å². The summed E-state index contributed by atoms with van der Waals surface area (Å²) in [6, 6.07) is 0. The van der Waals surface area contributed by atoms with Crippen LogP contribution in [-0.4, -0.2) is 4.98 Å². The van der Waals surface area contributed by atoms with E-state index in [1.165, 1.54) is 0 Å². The lowest BCUT2D eigenvalue weighted by atomic mass is 10.5. The Balaban J connectivity index is 3.94. The highest BCUT2D eigenvalue weighted by atomic mass is 35.5. The molecule has 0 bridgehead atoms. The minimum absolute atomic E-state index is 0.287. The summed E-state index contributed by atoms with van der Waals surface area (Å²) in [7, 11) is 0. The van der Waals surface area contributed by atoms with Gasteiger partial charge in [0, 0.05) is 0 Å². The lowest BCUT2D eigenvalue weighted by Gasteiger charge is -1.83. The lowest BCUT2D eigenvalue weighted by Crippen LogP contribution is -2.03. The predicted octanol–water partition coefficient (Wildman–Crippen LogP) is 2.35. The first-order valence-electron chi connectivity index (χ1n) is 2.91. The molecule has 0 radical (unpaired) electrons. The zero-order chi connectivity index (χ0) is 10.2. The molecule has 1 aromatic rings. The minimum Gasteiger partial charge on any atom is -0.310 e. The molecule has 0 saturated carbocycles. The van der Waals surface area contributed by atoms with Gasteiger partial charge in [-0.2, -0.15) is 0 Å². The first kappa shape index (κ1) is 10.9. The fourth-order valence-corrected chi connectivity index (χ4v) is 1.28. The van der Waals surface area contributed by atoms with E-state index in [0.29, 0.717) is 0 Å². The number of nitrogens with one attached hydrogen (secondary N) is 1. The van der Waals surface area contributed by atoms with E-state index < -0.39 is 21.0 Å². The van der Waals surface area contributed by atoms with Crippen LogP contribution >= 0.6 is 46.4 Å². The van der Waals surface area contributed by atoms with Crippen molar-refractivity contribution in [1.29, 1.82) is 0 Å². The van der Waals surface area contributed by atoms with Gasteiger partial charge in [-0.1, -0.05) is 46.4 Å². The number of aromatic amines is 1. The Kier molecular flexibility index (Phi) is 3.24. The maximum atomic E-state index is 11.2. The molecule has 1 heterocycles. The van der Waals surface area contributed by atoms with Crippen molar-refractivity contribution in [1.82, 2.24) is 4.98 Å². The molecule has 0 aromatic carbocycles. The van der Waals surface area contributed by atoms with Crippen molar-refractivity contribution < 1.29 is 0 Å². The second-order valence-corrected chi connectivity index (χ2v) is 3.55. The first-order chi connectivity index (χ1) is 5.95. The number of H-pyrrole nitrogens is 1. The van der Waals surface area contributed by atoms with Crippen molar-refractivity contribution in [2.75, 3.05) is 0 Å². The van der Waals surface area contributed by atoms with E-state index >= 15 is 0 Å². The molecule has 13 heavy (non-hydrogen) atoms. The van der Waals surface area contributed by atoms with Crippen molar-refractivity contribution in [3.63, 3.8) is 0 Å². The van der Waals surface area contributed by atoms with Gasteiger partial charge in [0.25, 0.3) is 5.56 Å². The Hall–Kier alpha value is -0.220. The van der Waals surface area contributed by atoms with Crippen LogP contribution in [0.15, 0.2) is 9.59 Å². The van der Waals surface area contributed by atoms with E-state index in [9.17, 15) is 9.59 Å². The second kappa shape index (κ2) is 3.88. The zero-order valence-electron chi connectivity index (χ0n) is 5.83. The Morgan fingerprint density at radius 2 is 1.38 bits per heavy atom. The van der Waals surface area contributed by atoms with Crippen LogP contribution in [0.5, 0.6) is 0 Å². The molecule has 3 nitrogen and oxygen atoms in total. The lowest BCUT2D eigenvalue weighted by molar-refractivity contribution is 1.27. The number of hydrogen-bond acceptors (Lipinski definition) is 2. The fourth-order valence-electron chi connectivity index (χ4n) is 0.605. The van der Waals surface area contributed by atoms with Crippen molar-refractivity contribution in [2.24, 2.45) is 0 Å². The summed E-state index contributed by atoms with van der Waals surface area (Å²) in [6.07, 6.45) is 0. The summed E-state index contributed by atoms with van der Waals surface area (Å²) < 4.78 is 0. The molecule has 0 unspecified atom stereocenters. The molecule has 0 spiro atoms. The predicted molar refractivity (Wildman–Crippen MR) is 53.4 cm³/mol. The Labute approximate surface area is 92.2 Å². The smallest absolute Gasteiger partial charge is 0.269 e. The molecule has 0 aliphatic carbocycles. The van der Waals surface area contributed by atoms with E-state index in [-0.39, 0.29) is 10.2 Å². The highest BCUT2D eigenvalue weighted by Gasteiger charge is 2.11. The Morgan fingerprint density at radius 3 is 1.92 bits per heavy atom. The number of hydrogen-bond donors (Lipinski definition) is 1. The van der Waals surface area contributed by atoms with Crippen molar-refractivity contribution in [3.8, 4) is 0 Å². The summed E-state index contributed by atoms with van der Waals surface area (Å²) in [5, 5.41) is -1.53. The molecule has 0 saturated heterocycles. The molecule has 0 aliphatic rings. The summed E-state index contributed by atoms with van der Waals surface area (Å²) in [5.74, 6) is 0. The molecule has 0 atom stereocenters. The molecule has 0 fully saturated rings. The van der Waals surface area contributed by atoms with Gasteiger partial charge in [0.1, 0.15) is 20.2 Å². The zero-order valence-corrected chi connectivity index (χ0v) is 8.85. The van der Waals surface area contributed by atoms with Gasteiger partial charge in [0.2, 0.25) is 5.43 Å². The topological polar surface area (TPSA) is 49.9 Å². The summed E-state index contributed by atoms with van der Waals surface area (Å²) in [5.41, 5.74) is -1.54. The molecular formula is C6HCl4NO2. The van der Waals surface area contributed by atoms with Gasteiger partial charge in [-0.15, -0.1) is 0 Å². The molecule has 1 aromatic heterocycles. The maximum Gasteiger partial charge on any atom is 0.269 e. The molecule has 0 aliphatic heterocycles. The minimum atomic E-state index is -0.781. The Morgan fingerprint density at radius 1 is 0.846 bits per heavy atom. The average molecular weight is 261 g/mol. The van der Waals surface area contributed by atoms with E-state index in [4.69, 9.17) is 46.4 Å². The molecule has 7 heteroatoms. The molecule has 70 valence electrons. The van der Waals surface area contributed by atoms with Gasteiger partial charge in [-0.3, -0.25) is 9.59 Å². The number of halogens is 4. The third-order valence-corrected chi connectivity index (χ3v) is 2.77. The normalized spacial score (nSPS) is 10.2. The third kappa shape index (κ3) is 1.99. The van der Waals surface area contributed by atoms with E-state index in [2.05, 4.69) is 4.98 Å². The molecule has 0 amide bonds. The van der Waals surface area contributed by atoms with Crippen molar-refractivity contribution >= 4 is 46.4 Å². The summed E-state index contributed by atoms with van der Waals surface area (Å²) >= 11 is 21.8. The monoisotopic (exact) mass is 259 g/mol. The quantitative estimate of drug-likeness (QED) is 0.779. The largest absolute Gasteiger partial charge is 0.310 e.